The van der Waals surface area contributed by atoms with Crippen molar-refractivity contribution in [3.8, 4) is 28.3 Å². The quantitative estimate of drug-likeness (QED) is 0.185. The summed E-state index contributed by atoms with van der Waals surface area (Å²) in [6.07, 6.45) is -1.37. The summed E-state index contributed by atoms with van der Waals surface area (Å²) in [6.45, 7) is 4.06. The van der Waals surface area contributed by atoms with Crippen molar-refractivity contribution in [2.45, 2.75) is 50.4 Å². The molecule has 286 valence electrons. The van der Waals surface area contributed by atoms with Gasteiger partial charge < -0.3 is 20.7 Å². The Bertz CT molecular complexity index is 2540. The molecule has 0 unspecified atom stereocenters. The predicted octanol–water partition coefficient (Wildman–Crippen LogP) is 6.23. The summed E-state index contributed by atoms with van der Waals surface area (Å²) in [6, 6.07) is 13.6. The van der Waals surface area contributed by atoms with E-state index in [2.05, 4.69) is 31.9 Å². The van der Waals surface area contributed by atoms with E-state index >= 15 is 0 Å². The van der Waals surface area contributed by atoms with E-state index in [-0.39, 0.29) is 34.3 Å². The lowest BCUT2D eigenvalue weighted by Crippen LogP contribution is -2.59. The third-order valence-corrected chi connectivity index (χ3v) is 11.7. The van der Waals surface area contributed by atoms with Crippen molar-refractivity contribution >= 4 is 40.0 Å². The van der Waals surface area contributed by atoms with Crippen LogP contribution in [0.2, 0.25) is 5.02 Å². The van der Waals surface area contributed by atoms with E-state index in [0.717, 1.165) is 59.0 Å². The van der Waals surface area contributed by atoms with E-state index in [1.807, 2.05) is 24.3 Å². The first kappa shape index (κ1) is 36.6. The Kier molecular flexibility index (Phi) is 8.91. The van der Waals surface area contributed by atoms with Gasteiger partial charge in [-0.3, -0.25) is 18.8 Å². The highest BCUT2D eigenvalue weighted by molar-refractivity contribution is 6.36. The molecule has 12 nitrogen and oxygen atoms in total. The topological polar surface area (TPSA) is 135 Å². The lowest BCUT2D eigenvalue weighted by molar-refractivity contribution is -0.141. The first-order valence-corrected chi connectivity index (χ1v) is 18.3. The molecule has 3 aliphatic rings. The average molecular weight is 775 g/mol. The lowest BCUT2D eigenvalue weighted by atomic mass is 9.93. The molecule has 8 rings (SSSR count). The lowest BCUT2D eigenvalue weighted by Gasteiger charge is -2.36. The van der Waals surface area contributed by atoms with Gasteiger partial charge in [0.25, 0.3) is 5.56 Å². The highest BCUT2D eigenvalue weighted by Crippen LogP contribution is 2.47. The second-order valence-corrected chi connectivity index (χ2v) is 14.9. The van der Waals surface area contributed by atoms with Crippen LogP contribution >= 0.6 is 11.6 Å². The number of benzene rings is 2. The maximum Gasteiger partial charge on any atom is 0.433 e. The largest absolute Gasteiger partial charge is 0.481 e. The Balaban J connectivity index is 1.15. The van der Waals surface area contributed by atoms with Crippen LogP contribution in [0.1, 0.15) is 47.7 Å². The van der Waals surface area contributed by atoms with Crippen LogP contribution in [0, 0.1) is 6.92 Å². The number of hydrogen-bond donors (Lipinski definition) is 3. The van der Waals surface area contributed by atoms with Crippen LogP contribution in [0.15, 0.2) is 58.1 Å². The highest BCUT2D eigenvalue weighted by Gasteiger charge is 2.45. The number of nitrogens with one attached hydrogen (secondary N) is 3. The number of nitrogens with zero attached hydrogens (tertiary/aromatic N) is 5. The number of urea groups is 1. The normalized spacial score (nSPS) is 19.8. The Morgan fingerprint density at radius 2 is 1.75 bits per heavy atom. The number of carbonyl (C=O) groups is 1. The van der Waals surface area contributed by atoms with E-state index in [4.69, 9.17) is 21.3 Å². The first-order valence-electron chi connectivity index (χ1n) is 17.9. The number of ether oxygens (including phenoxy) is 1. The van der Waals surface area contributed by atoms with E-state index in [1.54, 1.807) is 26.2 Å². The number of hydrogen-bond acceptors (Lipinski definition) is 8. The standard InChI is InChI=1S/C39H38ClF3N8O4/c1-20-22(7-6-10-25(20)45-33-31-28(18-29(47-33)39(41,42)43)49(2)37(54)50(3)35(31)52)23-8-5-9-24(32(23)40)26-17-21-11-12-27(30(21)34(46-26)55-4)51-16-14-38(19-51)13-15-44-36(53)48-38/h5-10,17-18,27H,11-16,19H2,1-4H3,(H,45,47)(H2,44,48,53)/t27-,38-/m1/s1. The summed E-state index contributed by atoms with van der Waals surface area (Å²) < 4.78 is 49.8. The zero-order chi connectivity index (χ0) is 39.0. The van der Waals surface area contributed by atoms with Gasteiger partial charge in [0.05, 0.1) is 28.9 Å². The van der Waals surface area contributed by atoms with Gasteiger partial charge in [0, 0.05) is 62.1 Å². The molecule has 2 saturated heterocycles. The molecule has 55 heavy (non-hydrogen) atoms. The van der Waals surface area contributed by atoms with Crippen LogP contribution in [0.3, 0.4) is 0 Å². The van der Waals surface area contributed by atoms with Crippen LogP contribution in [0.4, 0.5) is 29.5 Å². The van der Waals surface area contributed by atoms with Crippen molar-refractivity contribution in [1.29, 1.82) is 0 Å². The molecule has 2 aromatic carbocycles. The Labute approximate surface area is 318 Å². The van der Waals surface area contributed by atoms with Gasteiger partial charge in [0.2, 0.25) is 5.88 Å². The summed E-state index contributed by atoms with van der Waals surface area (Å²) in [7, 11) is 4.17. The fourth-order valence-electron chi connectivity index (χ4n) is 8.43. The molecular weight excluding hydrogens is 737 g/mol. The number of likely N-dealkylation sites (tertiary alicyclic amines) is 1. The maximum absolute atomic E-state index is 14.0. The van der Waals surface area contributed by atoms with Gasteiger partial charge in [-0.2, -0.15) is 13.2 Å². The summed E-state index contributed by atoms with van der Waals surface area (Å²) in [5.41, 5.74) is 2.61. The van der Waals surface area contributed by atoms with E-state index in [9.17, 15) is 27.6 Å². The highest BCUT2D eigenvalue weighted by atomic mass is 35.5. The first-order chi connectivity index (χ1) is 26.2. The molecular formula is C39H38ClF3N8O4. The minimum absolute atomic E-state index is 0.103. The number of rotatable bonds is 6. The maximum atomic E-state index is 14.0. The molecule has 5 aromatic rings. The van der Waals surface area contributed by atoms with E-state index < -0.39 is 23.1 Å². The van der Waals surface area contributed by atoms with Crippen LogP contribution in [-0.2, 0) is 26.7 Å². The second-order valence-electron chi connectivity index (χ2n) is 14.5. The Hall–Kier alpha value is -5.41. The summed E-state index contributed by atoms with van der Waals surface area (Å²) in [5, 5.41) is 9.25. The van der Waals surface area contributed by atoms with Gasteiger partial charge in [-0.05, 0) is 67.5 Å². The van der Waals surface area contributed by atoms with Crippen molar-refractivity contribution in [2.24, 2.45) is 14.1 Å². The molecule has 2 amide bonds. The number of anilines is 2. The zero-order valence-corrected chi connectivity index (χ0v) is 31.3. The van der Waals surface area contributed by atoms with Crippen LogP contribution < -0.4 is 31.9 Å². The smallest absolute Gasteiger partial charge is 0.433 e. The number of amides is 2. The minimum atomic E-state index is -4.84. The number of methoxy groups -OCH3 is 1. The molecule has 16 heteroatoms. The van der Waals surface area contributed by atoms with Crippen molar-refractivity contribution in [3.63, 3.8) is 0 Å². The van der Waals surface area contributed by atoms with Crippen molar-refractivity contribution in [1.82, 2.24) is 34.6 Å². The summed E-state index contributed by atoms with van der Waals surface area (Å²) >= 11 is 7.19. The molecule has 2 atom stereocenters. The Morgan fingerprint density at radius 1 is 1.00 bits per heavy atom. The summed E-state index contributed by atoms with van der Waals surface area (Å²) in [4.78, 5) is 49.3. The van der Waals surface area contributed by atoms with Crippen molar-refractivity contribution in [2.75, 3.05) is 32.1 Å². The number of fused-ring (bicyclic) bond motifs is 2. The number of pyridine rings is 2. The van der Waals surface area contributed by atoms with Crippen LogP contribution in [0.5, 0.6) is 5.88 Å². The van der Waals surface area contributed by atoms with Crippen LogP contribution in [0.25, 0.3) is 33.3 Å². The van der Waals surface area contributed by atoms with Crippen molar-refractivity contribution < 1.29 is 22.7 Å². The monoisotopic (exact) mass is 774 g/mol. The summed E-state index contributed by atoms with van der Waals surface area (Å²) in [5.74, 6) is 0.192. The van der Waals surface area contributed by atoms with Crippen molar-refractivity contribution in [3.05, 3.63) is 96.8 Å². The molecule has 0 bridgehead atoms. The van der Waals surface area contributed by atoms with E-state index in [0.29, 0.717) is 57.1 Å². The fraction of sp³-hybridized carbons (Fsp3) is 0.359. The fourth-order valence-corrected chi connectivity index (χ4v) is 8.76. The molecule has 2 fully saturated rings. The van der Waals surface area contributed by atoms with Crippen LogP contribution in [-0.4, -0.2) is 62.3 Å². The molecule has 0 saturated carbocycles. The molecule has 3 N–H and O–H groups in total. The zero-order valence-electron chi connectivity index (χ0n) is 30.5. The Morgan fingerprint density at radius 3 is 2.49 bits per heavy atom. The van der Waals surface area contributed by atoms with E-state index in [1.165, 1.54) is 14.1 Å². The van der Waals surface area contributed by atoms with Gasteiger partial charge in [-0.25, -0.2) is 19.6 Å². The third-order valence-electron chi connectivity index (χ3n) is 11.3. The van der Waals surface area contributed by atoms with Gasteiger partial charge in [0.15, 0.2) is 0 Å². The number of alkyl halides is 3. The van der Waals surface area contributed by atoms with Gasteiger partial charge >= 0.3 is 17.9 Å². The third kappa shape index (κ3) is 6.18. The second kappa shape index (κ2) is 13.4. The van der Waals surface area contributed by atoms with Gasteiger partial charge in [0.1, 0.15) is 16.9 Å². The number of aryl methyl sites for hydroxylation is 2. The minimum Gasteiger partial charge on any atom is -0.481 e. The molecule has 5 heterocycles. The average Bonchev–Trinajstić information content (AvgIpc) is 3.77. The number of carbonyl (C=O) groups excluding carboxylic acids is 1. The predicted molar refractivity (Wildman–Crippen MR) is 203 cm³/mol. The van der Waals surface area contributed by atoms with Gasteiger partial charge in [-0.15, -0.1) is 0 Å². The van der Waals surface area contributed by atoms with Gasteiger partial charge in [-0.1, -0.05) is 41.9 Å². The molecule has 1 spiro atoms. The molecule has 3 aromatic heterocycles. The SMILES string of the molecule is COc1nc(-c2cccc(-c3cccc(Nc4nc(C(F)(F)F)cc5c4c(=O)n(C)c(=O)n5C)c3C)c2Cl)cc2c1[C@H](N1CC[C@]3(CCNC(=O)N3)C1)CC2. The molecule has 0 radical (unpaired) electrons. The molecule has 1 aliphatic carbocycles. The number of aromatic nitrogens is 4. The molecule has 2 aliphatic heterocycles. The number of halogens is 4.